The third-order valence-electron chi connectivity index (χ3n) is 1.33. The first kappa shape index (κ1) is 10.8. The van der Waals surface area contributed by atoms with Crippen molar-refractivity contribution in [3.05, 3.63) is 0 Å². The van der Waals surface area contributed by atoms with Crippen LogP contribution in [0.3, 0.4) is 0 Å². The predicted octanol–water partition coefficient (Wildman–Crippen LogP) is 2.70. The Morgan fingerprint density at radius 1 is 1.10 bits per heavy atom. The highest BCUT2D eigenvalue weighted by Crippen LogP contribution is 2.03. The number of halogens is 3. The third-order valence-corrected chi connectivity index (χ3v) is 1.33. The average Bonchev–Trinajstić information content (AvgIpc) is 2.15. The molecule has 0 aromatic carbocycles. The van der Waals surface area contributed by atoms with E-state index in [1.807, 2.05) is 0 Å². The molecule has 4 heteroatoms. The number of likely N-dealkylation sites (tertiary alicyclic amines) is 1. The van der Waals surface area contributed by atoms with Gasteiger partial charge in [0.15, 0.2) is 4.30 Å². The maximum atomic E-state index is 4.81. The SMILES string of the molecule is CN1CCCC1.ClC(Cl)Cl. The van der Waals surface area contributed by atoms with Gasteiger partial charge >= 0.3 is 0 Å². The molecule has 0 N–H and O–H groups in total. The van der Waals surface area contributed by atoms with Gasteiger partial charge in [0.05, 0.1) is 0 Å². The molecule has 0 radical (unpaired) electrons. The van der Waals surface area contributed by atoms with Gasteiger partial charge in [-0.2, -0.15) is 0 Å². The van der Waals surface area contributed by atoms with Gasteiger partial charge in [-0.15, -0.1) is 0 Å². The summed E-state index contributed by atoms with van der Waals surface area (Å²) in [6.07, 6.45) is 2.83. The second-order valence-electron chi connectivity index (χ2n) is 2.26. The van der Waals surface area contributed by atoms with Gasteiger partial charge in [-0.1, -0.05) is 34.8 Å². The van der Waals surface area contributed by atoms with Crippen molar-refractivity contribution in [3.63, 3.8) is 0 Å². The first-order chi connectivity index (χ1) is 4.63. The van der Waals surface area contributed by atoms with E-state index in [1.165, 1.54) is 25.9 Å². The van der Waals surface area contributed by atoms with Crippen molar-refractivity contribution in [2.75, 3.05) is 20.1 Å². The highest BCUT2D eigenvalue weighted by molar-refractivity contribution is 6.63. The molecule has 0 unspecified atom stereocenters. The molecule has 1 saturated heterocycles. The molecule has 1 heterocycles. The van der Waals surface area contributed by atoms with Gasteiger partial charge in [0.1, 0.15) is 0 Å². The van der Waals surface area contributed by atoms with E-state index in [0.717, 1.165) is 0 Å². The number of hydrogen-bond donors (Lipinski definition) is 0. The number of alkyl halides is 3. The molecular formula is C6H12Cl3N. The topological polar surface area (TPSA) is 3.24 Å². The monoisotopic (exact) mass is 203 g/mol. The predicted molar refractivity (Wildman–Crippen MR) is 48.1 cm³/mol. The maximum absolute atomic E-state index is 4.81. The maximum Gasteiger partial charge on any atom is 0.180 e. The lowest BCUT2D eigenvalue weighted by Gasteiger charge is -2.01. The smallest absolute Gasteiger partial charge is 0.180 e. The van der Waals surface area contributed by atoms with Crippen LogP contribution in [-0.2, 0) is 0 Å². The quantitative estimate of drug-likeness (QED) is 0.549. The van der Waals surface area contributed by atoms with Crippen molar-refractivity contribution >= 4 is 34.8 Å². The standard InChI is InChI=1S/C5H11N.CHCl3/c1-6-4-2-3-5-6;2-1(3)4/h2-5H2,1H3;1H. The number of nitrogens with zero attached hydrogens (tertiary/aromatic N) is 1. The van der Waals surface area contributed by atoms with Gasteiger partial charge in [-0.25, -0.2) is 0 Å². The van der Waals surface area contributed by atoms with Crippen LogP contribution in [0.15, 0.2) is 0 Å². The molecule has 1 rings (SSSR count). The molecule has 0 bridgehead atoms. The molecule has 0 amide bonds. The summed E-state index contributed by atoms with van der Waals surface area (Å²) in [7, 11) is 2.17. The summed E-state index contributed by atoms with van der Waals surface area (Å²) in [6.45, 7) is 2.64. The van der Waals surface area contributed by atoms with E-state index < -0.39 is 4.30 Å². The minimum Gasteiger partial charge on any atom is -0.306 e. The van der Waals surface area contributed by atoms with E-state index in [-0.39, 0.29) is 0 Å². The van der Waals surface area contributed by atoms with Gasteiger partial charge < -0.3 is 4.90 Å². The molecule has 1 aliphatic heterocycles. The van der Waals surface area contributed by atoms with Gasteiger partial charge in [-0.05, 0) is 33.0 Å². The van der Waals surface area contributed by atoms with E-state index in [4.69, 9.17) is 34.8 Å². The Kier molecular flexibility index (Phi) is 7.08. The zero-order chi connectivity index (χ0) is 7.98. The first-order valence-electron chi connectivity index (χ1n) is 3.23. The van der Waals surface area contributed by atoms with E-state index in [9.17, 15) is 0 Å². The van der Waals surface area contributed by atoms with Crippen LogP contribution in [0, 0.1) is 0 Å². The summed E-state index contributed by atoms with van der Waals surface area (Å²) < 4.78 is -0.750. The third kappa shape index (κ3) is 8.83. The Morgan fingerprint density at radius 2 is 1.40 bits per heavy atom. The molecule has 0 spiro atoms. The molecule has 1 nitrogen and oxygen atoms in total. The Labute approximate surface area is 77.2 Å². The highest BCUT2D eigenvalue weighted by Gasteiger charge is 2.03. The molecule has 10 heavy (non-hydrogen) atoms. The lowest BCUT2D eigenvalue weighted by atomic mass is 10.4. The van der Waals surface area contributed by atoms with Crippen LogP contribution >= 0.6 is 34.8 Å². The molecule has 0 saturated carbocycles. The summed E-state index contributed by atoms with van der Waals surface area (Å²) >= 11 is 14.4. The fourth-order valence-corrected chi connectivity index (χ4v) is 0.875. The zero-order valence-corrected chi connectivity index (χ0v) is 8.25. The largest absolute Gasteiger partial charge is 0.306 e. The number of rotatable bonds is 0. The Bertz CT molecular complexity index is 68.6. The fourth-order valence-electron chi connectivity index (χ4n) is 0.875. The minimum atomic E-state index is -0.750. The second-order valence-corrected chi connectivity index (χ2v) is 4.24. The van der Waals surface area contributed by atoms with Crippen molar-refractivity contribution in [3.8, 4) is 0 Å². The van der Waals surface area contributed by atoms with Crippen molar-refractivity contribution in [2.24, 2.45) is 0 Å². The molecule has 1 fully saturated rings. The second kappa shape index (κ2) is 6.53. The van der Waals surface area contributed by atoms with Crippen LogP contribution in [0.2, 0.25) is 0 Å². The molecule has 1 aliphatic rings. The summed E-state index contributed by atoms with van der Waals surface area (Å²) in [5, 5.41) is 0. The Morgan fingerprint density at radius 3 is 1.50 bits per heavy atom. The van der Waals surface area contributed by atoms with Crippen LogP contribution in [0.25, 0.3) is 0 Å². The van der Waals surface area contributed by atoms with Gasteiger partial charge in [0, 0.05) is 0 Å². The van der Waals surface area contributed by atoms with Crippen LogP contribution in [-0.4, -0.2) is 29.3 Å². The average molecular weight is 205 g/mol. The van der Waals surface area contributed by atoms with Gasteiger partial charge in [0.2, 0.25) is 0 Å². The lowest BCUT2D eigenvalue weighted by molar-refractivity contribution is 0.418. The zero-order valence-electron chi connectivity index (χ0n) is 5.99. The first-order valence-corrected chi connectivity index (χ1v) is 4.54. The molecule has 0 atom stereocenters. The van der Waals surface area contributed by atoms with E-state index in [2.05, 4.69) is 11.9 Å². The summed E-state index contributed by atoms with van der Waals surface area (Å²) in [6, 6.07) is 0. The highest BCUT2D eigenvalue weighted by atomic mass is 35.6. The molecule has 62 valence electrons. The molecular weight excluding hydrogens is 192 g/mol. The van der Waals surface area contributed by atoms with Crippen molar-refractivity contribution in [2.45, 2.75) is 17.1 Å². The van der Waals surface area contributed by atoms with Crippen LogP contribution in [0.5, 0.6) is 0 Å². The van der Waals surface area contributed by atoms with Gasteiger partial charge in [-0.3, -0.25) is 0 Å². The van der Waals surface area contributed by atoms with Gasteiger partial charge in [0.25, 0.3) is 0 Å². The number of hydrogen-bond acceptors (Lipinski definition) is 1. The van der Waals surface area contributed by atoms with Crippen LogP contribution in [0.4, 0.5) is 0 Å². The van der Waals surface area contributed by atoms with Crippen LogP contribution in [0.1, 0.15) is 12.8 Å². The summed E-state index contributed by atoms with van der Waals surface area (Å²) in [4.78, 5) is 2.36. The molecule has 0 aromatic heterocycles. The van der Waals surface area contributed by atoms with E-state index in [0.29, 0.717) is 0 Å². The summed E-state index contributed by atoms with van der Waals surface area (Å²) in [5.41, 5.74) is 0. The van der Waals surface area contributed by atoms with Crippen molar-refractivity contribution in [1.82, 2.24) is 4.90 Å². The minimum absolute atomic E-state index is 0.750. The normalized spacial score (nSPS) is 18.9. The lowest BCUT2D eigenvalue weighted by Crippen LogP contribution is -2.10. The molecule has 0 aromatic rings. The van der Waals surface area contributed by atoms with E-state index in [1.54, 1.807) is 0 Å². The van der Waals surface area contributed by atoms with Crippen LogP contribution < -0.4 is 0 Å². The molecule has 0 aliphatic carbocycles. The Balaban J connectivity index is 0.000000180. The van der Waals surface area contributed by atoms with Crippen molar-refractivity contribution in [1.29, 1.82) is 0 Å². The Hall–Kier alpha value is 0.830. The van der Waals surface area contributed by atoms with Crippen molar-refractivity contribution < 1.29 is 0 Å². The summed E-state index contributed by atoms with van der Waals surface area (Å²) in [5.74, 6) is 0. The fraction of sp³-hybridized carbons (Fsp3) is 1.00. The van der Waals surface area contributed by atoms with E-state index >= 15 is 0 Å².